The van der Waals surface area contributed by atoms with E-state index in [-0.39, 0.29) is 0 Å². The van der Waals surface area contributed by atoms with Crippen molar-refractivity contribution in [3.8, 4) is 5.75 Å². The number of rotatable bonds is 5. The number of aromatic nitrogens is 2. The number of ether oxygens (including phenoxy) is 1. The smallest absolute Gasteiger partial charge is 0.123 e. The monoisotopic (exact) mass is 309 g/mol. The lowest BCUT2D eigenvalue weighted by molar-refractivity contribution is 0.407. The molecule has 0 unspecified atom stereocenters. The number of methoxy groups -OCH3 is 1. The van der Waals surface area contributed by atoms with Crippen LogP contribution in [0.5, 0.6) is 5.75 Å². The predicted octanol–water partition coefficient (Wildman–Crippen LogP) is 2.78. The maximum atomic E-state index is 5.33. The predicted molar refractivity (Wildman–Crippen MR) is 74.6 cm³/mol. The van der Waals surface area contributed by atoms with E-state index in [2.05, 4.69) is 37.5 Å². The molecule has 5 heteroatoms. The fourth-order valence-electron chi connectivity index (χ4n) is 1.77. The Morgan fingerprint density at radius 2 is 2.11 bits per heavy atom. The Labute approximate surface area is 115 Å². The van der Waals surface area contributed by atoms with Gasteiger partial charge in [-0.25, -0.2) is 0 Å². The molecule has 0 aliphatic rings. The Morgan fingerprint density at radius 1 is 1.33 bits per heavy atom. The SMILES string of the molecule is COc1ccc(Br)cc1CNCc1cn[nH]c1C. The van der Waals surface area contributed by atoms with E-state index in [9.17, 15) is 0 Å². The van der Waals surface area contributed by atoms with E-state index in [4.69, 9.17) is 4.74 Å². The molecule has 0 saturated heterocycles. The molecule has 0 atom stereocenters. The summed E-state index contributed by atoms with van der Waals surface area (Å²) in [6.45, 7) is 3.56. The third-order valence-electron chi connectivity index (χ3n) is 2.81. The molecule has 4 nitrogen and oxygen atoms in total. The van der Waals surface area contributed by atoms with Crippen molar-refractivity contribution in [1.29, 1.82) is 0 Å². The molecule has 2 aromatic rings. The highest BCUT2D eigenvalue weighted by molar-refractivity contribution is 9.10. The third kappa shape index (κ3) is 3.11. The van der Waals surface area contributed by atoms with E-state index >= 15 is 0 Å². The van der Waals surface area contributed by atoms with Crippen LogP contribution in [0.15, 0.2) is 28.9 Å². The number of aromatic amines is 1. The molecule has 2 N–H and O–H groups in total. The molecule has 18 heavy (non-hydrogen) atoms. The molecule has 0 fully saturated rings. The molecule has 0 spiro atoms. The molecule has 0 aliphatic heterocycles. The lowest BCUT2D eigenvalue weighted by Gasteiger charge is -2.10. The van der Waals surface area contributed by atoms with Gasteiger partial charge in [0.15, 0.2) is 0 Å². The quantitative estimate of drug-likeness (QED) is 0.893. The first kappa shape index (κ1) is 13.1. The van der Waals surface area contributed by atoms with Crippen LogP contribution in [0.1, 0.15) is 16.8 Å². The van der Waals surface area contributed by atoms with Gasteiger partial charge in [0.25, 0.3) is 0 Å². The lowest BCUT2D eigenvalue weighted by Crippen LogP contribution is -2.13. The number of nitrogens with one attached hydrogen (secondary N) is 2. The summed E-state index contributed by atoms with van der Waals surface area (Å²) in [5.41, 5.74) is 3.42. The van der Waals surface area contributed by atoms with Crippen LogP contribution in [-0.4, -0.2) is 17.3 Å². The Morgan fingerprint density at radius 3 is 2.78 bits per heavy atom. The zero-order valence-corrected chi connectivity index (χ0v) is 12.0. The molecular formula is C13H16BrN3O. The Kier molecular flexibility index (Phi) is 4.38. The van der Waals surface area contributed by atoms with E-state index in [1.807, 2.05) is 25.3 Å². The van der Waals surface area contributed by atoms with Crippen molar-refractivity contribution in [2.75, 3.05) is 7.11 Å². The molecule has 2 rings (SSSR count). The van der Waals surface area contributed by atoms with E-state index < -0.39 is 0 Å². The van der Waals surface area contributed by atoms with E-state index in [1.54, 1.807) is 7.11 Å². The number of H-pyrrole nitrogens is 1. The number of nitrogens with zero attached hydrogens (tertiary/aromatic N) is 1. The van der Waals surface area contributed by atoms with Gasteiger partial charge in [0, 0.05) is 34.4 Å². The first-order valence-corrected chi connectivity index (χ1v) is 6.52. The maximum absolute atomic E-state index is 5.33. The van der Waals surface area contributed by atoms with Gasteiger partial charge in [-0.05, 0) is 25.1 Å². The number of hydrogen-bond donors (Lipinski definition) is 2. The van der Waals surface area contributed by atoms with Gasteiger partial charge < -0.3 is 10.1 Å². The number of halogens is 1. The van der Waals surface area contributed by atoms with Crippen molar-refractivity contribution >= 4 is 15.9 Å². The summed E-state index contributed by atoms with van der Waals surface area (Å²) in [6, 6.07) is 6.00. The summed E-state index contributed by atoms with van der Waals surface area (Å²) in [5, 5.41) is 10.3. The Hall–Kier alpha value is -1.33. The van der Waals surface area contributed by atoms with Gasteiger partial charge in [-0.3, -0.25) is 5.10 Å². The highest BCUT2D eigenvalue weighted by Crippen LogP contribution is 2.22. The molecule has 0 bridgehead atoms. The summed E-state index contributed by atoms with van der Waals surface area (Å²) in [5.74, 6) is 0.898. The second kappa shape index (κ2) is 6.02. The van der Waals surface area contributed by atoms with E-state index in [0.29, 0.717) is 0 Å². The zero-order chi connectivity index (χ0) is 13.0. The largest absolute Gasteiger partial charge is 0.496 e. The van der Waals surface area contributed by atoms with Gasteiger partial charge >= 0.3 is 0 Å². The molecule has 1 heterocycles. The number of benzene rings is 1. The standard InChI is InChI=1S/C13H16BrN3O/c1-9-11(8-16-17-9)7-15-6-10-5-12(14)3-4-13(10)18-2/h3-5,8,15H,6-7H2,1-2H3,(H,16,17). The topological polar surface area (TPSA) is 49.9 Å². The zero-order valence-electron chi connectivity index (χ0n) is 10.5. The normalized spacial score (nSPS) is 10.6. The molecular weight excluding hydrogens is 294 g/mol. The van der Waals surface area contributed by atoms with Crippen molar-refractivity contribution in [1.82, 2.24) is 15.5 Å². The molecule has 0 radical (unpaired) electrons. The first-order valence-electron chi connectivity index (χ1n) is 5.72. The maximum Gasteiger partial charge on any atom is 0.123 e. The average molecular weight is 310 g/mol. The highest BCUT2D eigenvalue weighted by atomic mass is 79.9. The van der Waals surface area contributed by atoms with Crippen molar-refractivity contribution in [3.63, 3.8) is 0 Å². The van der Waals surface area contributed by atoms with Crippen molar-refractivity contribution in [3.05, 3.63) is 45.7 Å². The van der Waals surface area contributed by atoms with E-state index in [0.717, 1.165) is 34.6 Å². The molecule has 0 aliphatic carbocycles. The molecule has 1 aromatic heterocycles. The summed E-state index contributed by atoms with van der Waals surface area (Å²) < 4.78 is 6.39. The lowest BCUT2D eigenvalue weighted by atomic mass is 10.2. The van der Waals surface area contributed by atoms with Crippen LogP contribution in [0.3, 0.4) is 0 Å². The summed E-state index contributed by atoms with van der Waals surface area (Å²) >= 11 is 3.47. The fraction of sp³-hybridized carbons (Fsp3) is 0.308. The molecule has 0 amide bonds. The fourth-order valence-corrected chi connectivity index (χ4v) is 2.18. The highest BCUT2D eigenvalue weighted by Gasteiger charge is 2.04. The minimum absolute atomic E-state index is 0.757. The van der Waals surface area contributed by atoms with Crippen LogP contribution >= 0.6 is 15.9 Å². The second-order valence-corrected chi connectivity index (χ2v) is 5.00. The van der Waals surface area contributed by atoms with Gasteiger partial charge in [0.1, 0.15) is 5.75 Å². The third-order valence-corrected chi connectivity index (χ3v) is 3.30. The van der Waals surface area contributed by atoms with Crippen LogP contribution in [0, 0.1) is 6.92 Å². The van der Waals surface area contributed by atoms with E-state index in [1.165, 1.54) is 5.56 Å². The Balaban J connectivity index is 1.98. The van der Waals surface area contributed by atoms with Crippen molar-refractivity contribution in [2.24, 2.45) is 0 Å². The minimum Gasteiger partial charge on any atom is -0.496 e. The number of aryl methyl sites for hydroxylation is 1. The second-order valence-electron chi connectivity index (χ2n) is 4.08. The van der Waals surface area contributed by atoms with Gasteiger partial charge in [-0.15, -0.1) is 0 Å². The summed E-state index contributed by atoms with van der Waals surface area (Å²) in [6.07, 6.45) is 1.85. The van der Waals surface area contributed by atoms with Gasteiger partial charge in [0.05, 0.1) is 13.3 Å². The van der Waals surface area contributed by atoms with Gasteiger partial charge in [-0.1, -0.05) is 15.9 Å². The minimum atomic E-state index is 0.757. The van der Waals surface area contributed by atoms with Gasteiger partial charge in [0.2, 0.25) is 0 Å². The van der Waals surface area contributed by atoms with Crippen LogP contribution in [0.25, 0.3) is 0 Å². The molecule has 1 aromatic carbocycles. The average Bonchev–Trinajstić information content (AvgIpc) is 2.76. The van der Waals surface area contributed by atoms with Crippen LogP contribution in [0.4, 0.5) is 0 Å². The molecule has 0 saturated carbocycles. The van der Waals surface area contributed by atoms with Crippen molar-refractivity contribution < 1.29 is 4.74 Å². The van der Waals surface area contributed by atoms with Crippen molar-refractivity contribution in [2.45, 2.75) is 20.0 Å². The Bertz CT molecular complexity index is 525. The van der Waals surface area contributed by atoms with Crippen LogP contribution < -0.4 is 10.1 Å². The van der Waals surface area contributed by atoms with Crippen LogP contribution in [0.2, 0.25) is 0 Å². The first-order chi connectivity index (χ1) is 8.70. The van der Waals surface area contributed by atoms with Gasteiger partial charge in [-0.2, -0.15) is 5.10 Å². The van der Waals surface area contributed by atoms with Crippen LogP contribution in [-0.2, 0) is 13.1 Å². The summed E-state index contributed by atoms with van der Waals surface area (Å²) in [4.78, 5) is 0. The molecule has 96 valence electrons. The summed E-state index contributed by atoms with van der Waals surface area (Å²) in [7, 11) is 1.69. The number of hydrogen-bond acceptors (Lipinski definition) is 3.